The highest BCUT2D eigenvalue weighted by molar-refractivity contribution is 6.32. The smallest absolute Gasteiger partial charge is 0.260 e. The predicted octanol–water partition coefficient (Wildman–Crippen LogP) is 3.45. The summed E-state index contributed by atoms with van der Waals surface area (Å²) in [6, 6.07) is 15.7. The number of carbonyl (C=O) groups excluding carboxylic acids is 1. The molecule has 132 valence electrons. The molecule has 5 heteroatoms. The quantitative estimate of drug-likeness (QED) is 0.859. The van der Waals surface area contributed by atoms with E-state index in [4.69, 9.17) is 16.3 Å². The van der Waals surface area contributed by atoms with Crippen molar-refractivity contribution in [3.63, 3.8) is 0 Å². The average molecular weight is 359 g/mol. The molecule has 1 saturated heterocycles. The molecular weight excluding hydrogens is 336 g/mol. The number of amides is 1. The fourth-order valence-corrected chi connectivity index (χ4v) is 3.41. The molecule has 0 aliphatic carbocycles. The van der Waals surface area contributed by atoms with Crippen molar-refractivity contribution >= 4 is 17.5 Å². The van der Waals surface area contributed by atoms with E-state index in [-0.39, 0.29) is 12.5 Å². The summed E-state index contributed by atoms with van der Waals surface area (Å²) in [5.74, 6) is 1.09. The van der Waals surface area contributed by atoms with Crippen LogP contribution in [0, 0.1) is 5.92 Å². The molecule has 1 amide bonds. The van der Waals surface area contributed by atoms with Gasteiger partial charge in [-0.1, -0.05) is 48.0 Å². The molecule has 0 saturated carbocycles. The number of benzene rings is 2. The second-order valence-corrected chi connectivity index (χ2v) is 6.76. The second-order valence-electron chi connectivity index (χ2n) is 6.35. The number of rotatable bonds is 6. The Morgan fingerprint density at radius 3 is 2.76 bits per heavy atom. The zero-order chi connectivity index (χ0) is 17.6. The first-order chi connectivity index (χ1) is 12.2. The topological polar surface area (TPSA) is 41.6 Å². The van der Waals surface area contributed by atoms with Gasteiger partial charge in [0.1, 0.15) is 5.75 Å². The van der Waals surface area contributed by atoms with E-state index >= 15 is 0 Å². The molecule has 0 spiro atoms. The van der Waals surface area contributed by atoms with Crippen LogP contribution in [0.1, 0.15) is 6.42 Å². The largest absolute Gasteiger partial charge is 0.482 e. The maximum absolute atomic E-state index is 12.3. The van der Waals surface area contributed by atoms with E-state index in [9.17, 15) is 4.79 Å². The lowest BCUT2D eigenvalue weighted by Crippen LogP contribution is -2.34. The number of halogens is 1. The van der Waals surface area contributed by atoms with Gasteiger partial charge in [0.2, 0.25) is 0 Å². The highest BCUT2D eigenvalue weighted by Crippen LogP contribution is 2.30. The predicted molar refractivity (Wildman–Crippen MR) is 101 cm³/mol. The Balaban J connectivity index is 1.57. The molecule has 0 bridgehead atoms. The Bertz CT molecular complexity index is 721. The summed E-state index contributed by atoms with van der Waals surface area (Å²) in [6.07, 6.45) is 1.04. The van der Waals surface area contributed by atoms with E-state index < -0.39 is 0 Å². The number of ether oxygens (including phenoxy) is 1. The highest BCUT2D eigenvalue weighted by atomic mass is 35.5. The molecule has 3 rings (SSSR count). The molecule has 2 aromatic rings. The zero-order valence-corrected chi connectivity index (χ0v) is 15.1. The third-order valence-corrected chi connectivity index (χ3v) is 4.82. The van der Waals surface area contributed by atoms with E-state index in [2.05, 4.69) is 5.32 Å². The van der Waals surface area contributed by atoms with Crippen LogP contribution in [-0.2, 0) is 4.79 Å². The number of likely N-dealkylation sites (tertiary alicyclic amines) is 1. The first kappa shape index (κ1) is 17.8. The van der Waals surface area contributed by atoms with Gasteiger partial charge >= 0.3 is 0 Å². The lowest BCUT2D eigenvalue weighted by molar-refractivity contribution is -0.132. The molecule has 1 aliphatic heterocycles. The van der Waals surface area contributed by atoms with Crippen LogP contribution in [-0.4, -0.2) is 44.1 Å². The van der Waals surface area contributed by atoms with Gasteiger partial charge in [0.05, 0.1) is 5.02 Å². The summed E-state index contributed by atoms with van der Waals surface area (Å²) >= 11 is 6.33. The van der Waals surface area contributed by atoms with Crippen molar-refractivity contribution in [2.75, 3.05) is 33.3 Å². The van der Waals surface area contributed by atoms with E-state index in [1.807, 2.05) is 60.5 Å². The molecule has 2 aromatic carbocycles. The van der Waals surface area contributed by atoms with Crippen molar-refractivity contribution in [1.82, 2.24) is 10.2 Å². The summed E-state index contributed by atoms with van der Waals surface area (Å²) < 4.78 is 5.66. The molecule has 0 radical (unpaired) electrons. The third-order valence-electron chi connectivity index (χ3n) is 4.52. The van der Waals surface area contributed by atoms with Gasteiger partial charge in [-0.2, -0.15) is 0 Å². The number of nitrogens with zero attached hydrogens (tertiary/aromatic N) is 1. The maximum Gasteiger partial charge on any atom is 0.260 e. The summed E-state index contributed by atoms with van der Waals surface area (Å²) in [5.41, 5.74) is 2.12. The van der Waals surface area contributed by atoms with Gasteiger partial charge in [-0.3, -0.25) is 4.79 Å². The first-order valence-electron chi connectivity index (χ1n) is 8.57. The average Bonchev–Trinajstić information content (AvgIpc) is 3.10. The van der Waals surface area contributed by atoms with Gasteiger partial charge in [-0.15, -0.1) is 0 Å². The van der Waals surface area contributed by atoms with Gasteiger partial charge in [-0.25, -0.2) is 0 Å². The fourth-order valence-electron chi connectivity index (χ4n) is 3.17. The molecular formula is C20H23ClN2O2. The highest BCUT2D eigenvalue weighted by Gasteiger charge is 2.25. The van der Waals surface area contributed by atoms with Crippen LogP contribution in [0.2, 0.25) is 5.02 Å². The van der Waals surface area contributed by atoms with Crippen LogP contribution in [0.5, 0.6) is 5.75 Å². The van der Waals surface area contributed by atoms with Crippen molar-refractivity contribution in [2.24, 2.45) is 5.92 Å². The minimum absolute atomic E-state index is 0.0156. The number of hydrogen-bond donors (Lipinski definition) is 1. The zero-order valence-electron chi connectivity index (χ0n) is 14.4. The lowest BCUT2D eigenvalue weighted by atomic mass is 10.1. The van der Waals surface area contributed by atoms with Gasteiger partial charge < -0.3 is 15.0 Å². The number of nitrogens with one attached hydrogen (secondary N) is 1. The lowest BCUT2D eigenvalue weighted by Gasteiger charge is -2.17. The van der Waals surface area contributed by atoms with Crippen molar-refractivity contribution in [3.05, 3.63) is 53.6 Å². The van der Waals surface area contributed by atoms with Crippen LogP contribution < -0.4 is 10.1 Å². The van der Waals surface area contributed by atoms with Crippen LogP contribution in [0.4, 0.5) is 0 Å². The summed E-state index contributed by atoms with van der Waals surface area (Å²) in [7, 11) is 1.94. The Morgan fingerprint density at radius 1 is 1.24 bits per heavy atom. The first-order valence-corrected chi connectivity index (χ1v) is 8.95. The van der Waals surface area contributed by atoms with Crippen LogP contribution in [0.15, 0.2) is 48.5 Å². The SMILES string of the molecule is CNCC1CCN(C(=O)COc2ccc(-c3ccccc3)cc2Cl)C1. The van der Waals surface area contributed by atoms with E-state index in [0.29, 0.717) is 16.7 Å². The molecule has 1 aliphatic rings. The van der Waals surface area contributed by atoms with Crippen molar-refractivity contribution in [1.29, 1.82) is 0 Å². The molecule has 25 heavy (non-hydrogen) atoms. The van der Waals surface area contributed by atoms with Crippen molar-refractivity contribution in [2.45, 2.75) is 6.42 Å². The normalized spacial score (nSPS) is 16.9. The molecule has 1 atom stereocenters. The Hall–Kier alpha value is -2.04. The molecule has 1 N–H and O–H groups in total. The molecule has 1 fully saturated rings. The van der Waals surface area contributed by atoms with E-state index in [1.54, 1.807) is 0 Å². The Labute approximate surface area is 153 Å². The maximum atomic E-state index is 12.3. The monoisotopic (exact) mass is 358 g/mol. The van der Waals surface area contributed by atoms with E-state index in [1.165, 1.54) is 0 Å². The van der Waals surface area contributed by atoms with Crippen molar-refractivity contribution in [3.8, 4) is 16.9 Å². The minimum Gasteiger partial charge on any atom is -0.482 e. The second kappa shape index (κ2) is 8.37. The summed E-state index contributed by atoms with van der Waals surface area (Å²) in [5, 5.41) is 3.68. The minimum atomic E-state index is 0.0156. The summed E-state index contributed by atoms with van der Waals surface area (Å²) in [6.45, 7) is 2.56. The van der Waals surface area contributed by atoms with Crippen LogP contribution >= 0.6 is 11.6 Å². The molecule has 0 aromatic heterocycles. The van der Waals surface area contributed by atoms with Gasteiger partial charge in [0.15, 0.2) is 6.61 Å². The fraction of sp³-hybridized carbons (Fsp3) is 0.350. The van der Waals surface area contributed by atoms with Crippen LogP contribution in [0.25, 0.3) is 11.1 Å². The molecule has 4 nitrogen and oxygen atoms in total. The number of hydrogen-bond acceptors (Lipinski definition) is 3. The molecule has 1 unspecified atom stereocenters. The van der Waals surface area contributed by atoms with Gasteiger partial charge in [0.25, 0.3) is 5.91 Å². The van der Waals surface area contributed by atoms with E-state index in [0.717, 1.165) is 37.2 Å². The van der Waals surface area contributed by atoms with Crippen molar-refractivity contribution < 1.29 is 9.53 Å². The van der Waals surface area contributed by atoms with Gasteiger partial charge in [0, 0.05) is 13.1 Å². The third kappa shape index (κ3) is 4.53. The Morgan fingerprint density at radius 2 is 2.04 bits per heavy atom. The standard InChI is InChI=1S/C20H23ClN2O2/c1-22-12-15-9-10-23(13-15)20(24)14-25-19-8-7-17(11-18(19)21)16-5-3-2-4-6-16/h2-8,11,15,22H,9-10,12-14H2,1H3. The Kier molecular flexibility index (Phi) is 5.95. The van der Waals surface area contributed by atoms with Gasteiger partial charge in [-0.05, 0) is 49.2 Å². The van der Waals surface area contributed by atoms with Crippen LogP contribution in [0.3, 0.4) is 0 Å². The summed E-state index contributed by atoms with van der Waals surface area (Å²) in [4.78, 5) is 14.2. The number of carbonyl (C=O) groups is 1. The molecule has 1 heterocycles.